The van der Waals surface area contributed by atoms with Gasteiger partial charge in [-0.05, 0) is 36.4 Å². The van der Waals surface area contributed by atoms with E-state index in [9.17, 15) is 9.59 Å². The van der Waals surface area contributed by atoms with Crippen molar-refractivity contribution in [3.8, 4) is 0 Å². The van der Waals surface area contributed by atoms with Gasteiger partial charge < -0.3 is 10.1 Å². The summed E-state index contributed by atoms with van der Waals surface area (Å²) in [5.74, 6) is 0.131. The van der Waals surface area contributed by atoms with Crippen molar-refractivity contribution in [2.45, 2.75) is 37.2 Å². The molecule has 146 valence electrons. The molecule has 0 aliphatic carbocycles. The number of thiophene rings is 1. The molecular weight excluding hydrogens is 394 g/mol. The number of ether oxygens (including phenoxy) is 1. The van der Waals surface area contributed by atoms with Crippen LogP contribution >= 0.6 is 23.1 Å². The molecule has 2 aromatic heterocycles. The number of hydrogen-bond acceptors (Lipinski definition) is 6. The van der Waals surface area contributed by atoms with E-state index >= 15 is 0 Å². The number of aromatic nitrogens is 2. The third-order valence-electron chi connectivity index (χ3n) is 4.61. The lowest BCUT2D eigenvalue weighted by atomic mass is 10.2. The van der Waals surface area contributed by atoms with Crippen molar-refractivity contribution in [1.82, 2.24) is 14.9 Å². The van der Waals surface area contributed by atoms with E-state index in [4.69, 9.17) is 4.74 Å². The van der Waals surface area contributed by atoms with E-state index in [0.29, 0.717) is 29.1 Å². The molecule has 0 radical (unpaired) electrons. The third kappa shape index (κ3) is 4.45. The number of rotatable bonds is 7. The Morgan fingerprint density at radius 3 is 3.00 bits per heavy atom. The van der Waals surface area contributed by atoms with Crippen molar-refractivity contribution in [3.05, 3.63) is 57.0 Å². The number of nitrogens with one attached hydrogen (secondary N) is 1. The van der Waals surface area contributed by atoms with Crippen LogP contribution in [-0.2, 0) is 22.6 Å². The first-order valence-corrected chi connectivity index (χ1v) is 11.1. The van der Waals surface area contributed by atoms with Gasteiger partial charge in [0, 0.05) is 11.5 Å². The minimum absolute atomic E-state index is 0.0210. The summed E-state index contributed by atoms with van der Waals surface area (Å²) in [4.78, 5) is 31.0. The Morgan fingerprint density at radius 1 is 1.32 bits per heavy atom. The number of para-hydroxylation sites is 1. The Morgan fingerprint density at radius 2 is 2.21 bits per heavy atom. The van der Waals surface area contributed by atoms with E-state index in [1.807, 2.05) is 35.7 Å². The smallest absolute Gasteiger partial charge is 0.262 e. The highest BCUT2D eigenvalue weighted by molar-refractivity contribution is 7.99. The number of nitrogens with zero attached hydrogens (tertiary/aromatic N) is 2. The zero-order valence-corrected chi connectivity index (χ0v) is 16.9. The molecule has 1 aliphatic rings. The highest BCUT2D eigenvalue weighted by Gasteiger charge is 2.20. The number of benzene rings is 1. The highest BCUT2D eigenvalue weighted by atomic mass is 32.2. The molecular formula is C20H21N3O3S2. The summed E-state index contributed by atoms with van der Waals surface area (Å²) in [6.45, 7) is 1.72. The number of hydrogen-bond donors (Lipinski definition) is 1. The van der Waals surface area contributed by atoms with Crippen LogP contribution in [-0.4, -0.2) is 33.9 Å². The topological polar surface area (TPSA) is 73.2 Å². The first kappa shape index (κ1) is 19.2. The van der Waals surface area contributed by atoms with Gasteiger partial charge in [-0.25, -0.2) is 4.98 Å². The average Bonchev–Trinajstić information content (AvgIpc) is 3.41. The van der Waals surface area contributed by atoms with E-state index in [0.717, 1.165) is 24.3 Å². The van der Waals surface area contributed by atoms with Gasteiger partial charge in [-0.3, -0.25) is 14.2 Å². The van der Waals surface area contributed by atoms with Gasteiger partial charge in [0.15, 0.2) is 5.16 Å². The molecule has 1 amide bonds. The first-order chi connectivity index (χ1) is 13.7. The Bertz CT molecular complexity index is 1010. The second kappa shape index (κ2) is 8.89. The monoisotopic (exact) mass is 415 g/mol. The van der Waals surface area contributed by atoms with Gasteiger partial charge in [-0.15, -0.1) is 11.3 Å². The molecule has 3 heterocycles. The van der Waals surface area contributed by atoms with Crippen LogP contribution in [0.1, 0.15) is 17.7 Å². The van der Waals surface area contributed by atoms with Crippen molar-refractivity contribution < 1.29 is 9.53 Å². The van der Waals surface area contributed by atoms with Crippen LogP contribution in [0.5, 0.6) is 0 Å². The molecule has 0 bridgehead atoms. The van der Waals surface area contributed by atoms with Gasteiger partial charge in [0.05, 0.1) is 35.8 Å². The Labute approximate surface area is 170 Å². The summed E-state index contributed by atoms with van der Waals surface area (Å²) in [6, 6.07) is 11.3. The third-order valence-corrected chi connectivity index (χ3v) is 6.46. The van der Waals surface area contributed by atoms with Gasteiger partial charge in [-0.1, -0.05) is 30.0 Å². The molecule has 4 rings (SSSR count). The number of thioether (sulfide) groups is 1. The van der Waals surface area contributed by atoms with Gasteiger partial charge in [0.1, 0.15) is 0 Å². The average molecular weight is 416 g/mol. The molecule has 1 saturated heterocycles. The summed E-state index contributed by atoms with van der Waals surface area (Å²) >= 11 is 2.90. The van der Waals surface area contributed by atoms with Crippen molar-refractivity contribution in [2.75, 3.05) is 12.4 Å². The van der Waals surface area contributed by atoms with E-state index < -0.39 is 0 Å². The maximum atomic E-state index is 13.0. The molecule has 28 heavy (non-hydrogen) atoms. The second-order valence-electron chi connectivity index (χ2n) is 6.61. The summed E-state index contributed by atoms with van der Waals surface area (Å²) in [6.07, 6.45) is 1.96. The van der Waals surface area contributed by atoms with Gasteiger partial charge in [0.2, 0.25) is 5.91 Å². The van der Waals surface area contributed by atoms with E-state index in [1.54, 1.807) is 22.0 Å². The number of carbonyl (C=O) groups excluding carboxylic acids is 1. The molecule has 1 N–H and O–H groups in total. The summed E-state index contributed by atoms with van der Waals surface area (Å²) in [5, 5.41) is 6.05. The van der Waals surface area contributed by atoms with Gasteiger partial charge >= 0.3 is 0 Å². The predicted molar refractivity (Wildman–Crippen MR) is 112 cm³/mol. The summed E-state index contributed by atoms with van der Waals surface area (Å²) in [5.41, 5.74) is 0.570. The molecule has 6 nitrogen and oxygen atoms in total. The van der Waals surface area contributed by atoms with Crippen molar-refractivity contribution in [1.29, 1.82) is 0 Å². The van der Waals surface area contributed by atoms with Crippen LogP contribution < -0.4 is 10.9 Å². The van der Waals surface area contributed by atoms with Gasteiger partial charge in [-0.2, -0.15) is 0 Å². The largest absolute Gasteiger partial charge is 0.376 e. The number of fused-ring (bicyclic) bond motifs is 1. The quantitative estimate of drug-likeness (QED) is 0.474. The zero-order chi connectivity index (χ0) is 19.3. The summed E-state index contributed by atoms with van der Waals surface area (Å²) < 4.78 is 7.37. The number of amides is 1. The summed E-state index contributed by atoms with van der Waals surface area (Å²) in [7, 11) is 0. The molecule has 1 atom stereocenters. The van der Waals surface area contributed by atoms with Crippen LogP contribution in [0, 0.1) is 0 Å². The standard InChI is InChI=1S/C20H21N3O3S2/c24-18(21-11-15-6-4-10-27-15)13-28-20-22-17-8-2-1-7-16(17)19(25)23(20)12-14-5-3-9-26-14/h1-2,4,6-8,10,14H,3,5,9,11-13H2,(H,21,24)/t14-/m0/s1. The molecule has 0 spiro atoms. The Kier molecular flexibility index (Phi) is 6.09. The lowest BCUT2D eigenvalue weighted by Crippen LogP contribution is -2.30. The molecule has 0 unspecified atom stereocenters. The Balaban J connectivity index is 1.52. The first-order valence-electron chi connectivity index (χ1n) is 9.24. The van der Waals surface area contributed by atoms with Crippen LogP contribution in [0.3, 0.4) is 0 Å². The van der Waals surface area contributed by atoms with E-state index in [1.165, 1.54) is 11.8 Å². The minimum Gasteiger partial charge on any atom is -0.376 e. The van der Waals surface area contributed by atoms with Crippen molar-refractivity contribution in [3.63, 3.8) is 0 Å². The SMILES string of the molecule is O=C(CSc1nc2ccccc2c(=O)n1C[C@@H]1CCCO1)NCc1cccs1. The fourth-order valence-electron chi connectivity index (χ4n) is 3.19. The van der Waals surface area contributed by atoms with Crippen LogP contribution in [0.4, 0.5) is 0 Å². The molecule has 1 fully saturated rings. The minimum atomic E-state index is -0.0809. The number of carbonyl (C=O) groups is 1. The second-order valence-corrected chi connectivity index (χ2v) is 8.58. The fraction of sp³-hybridized carbons (Fsp3) is 0.350. The van der Waals surface area contributed by atoms with Gasteiger partial charge in [0.25, 0.3) is 5.56 Å². The zero-order valence-electron chi connectivity index (χ0n) is 15.3. The van der Waals surface area contributed by atoms with Crippen LogP contribution in [0.25, 0.3) is 10.9 Å². The molecule has 3 aromatic rings. The van der Waals surface area contributed by atoms with Crippen molar-refractivity contribution >= 4 is 39.9 Å². The lowest BCUT2D eigenvalue weighted by molar-refractivity contribution is -0.118. The highest BCUT2D eigenvalue weighted by Crippen LogP contribution is 2.21. The molecule has 0 saturated carbocycles. The maximum absolute atomic E-state index is 13.0. The molecule has 1 aromatic carbocycles. The van der Waals surface area contributed by atoms with Crippen molar-refractivity contribution in [2.24, 2.45) is 0 Å². The molecule has 8 heteroatoms. The fourth-order valence-corrected chi connectivity index (χ4v) is 4.67. The van der Waals surface area contributed by atoms with Crippen LogP contribution in [0.15, 0.2) is 51.7 Å². The lowest BCUT2D eigenvalue weighted by Gasteiger charge is -2.16. The molecule has 1 aliphatic heterocycles. The normalized spacial score (nSPS) is 16.5. The van der Waals surface area contributed by atoms with E-state index in [-0.39, 0.29) is 23.3 Å². The predicted octanol–water partition coefficient (Wildman–Crippen LogP) is 3.05. The Hall–Kier alpha value is -2.16. The van der Waals surface area contributed by atoms with E-state index in [2.05, 4.69) is 10.3 Å². The maximum Gasteiger partial charge on any atom is 0.262 e. The van der Waals surface area contributed by atoms with Crippen LogP contribution in [0.2, 0.25) is 0 Å².